The van der Waals surface area contributed by atoms with E-state index in [-0.39, 0.29) is 10.8 Å². The van der Waals surface area contributed by atoms with E-state index in [2.05, 4.69) is 30.6 Å². The van der Waals surface area contributed by atoms with Gasteiger partial charge in [-0.1, -0.05) is 12.1 Å². The van der Waals surface area contributed by atoms with Crippen LogP contribution >= 0.6 is 15.9 Å². The van der Waals surface area contributed by atoms with Crippen molar-refractivity contribution in [2.75, 3.05) is 10.5 Å². The van der Waals surface area contributed by atoms with Crippen molar-refractivity contribution in [3.8, 4) is 0 Å². The van der Waals surface area contributed by atoms with Crippen LogP contribution in [-0.2, 0) is 10.0 Å². The lowest BCUT2D eigenvalue weighted by Gasteiger charge is -2.08. The summed E-state index contributed by atoms with van der Waals surface area (Å²) in [6, 6.07) is 6.88. The Kier molecular flexibility index (Phi) is 3.48. The Bertz CT molecular complexity index is 658. The fraction of sp³-hybridized carbons (Fsp3) is 0. The smallest absolute Gasteiger partial charge is 0.265 e. The standard InChI is InChI=1S/C10H9BrN4O2S/c11-8-3-1-2-4-9(8)15-18(16,17)7-5-13-10(12)14-6-7/h1-6,15H,(H2,12,13,14). The lowest BCUT2D eigenvalue weighted by Crippen LogP contribution is -2.14. The molecule has 18 heavy (non-hydrogen) atoms. The van der Waals surface area contributed by atoms with E-state index in [9.17, 15) is 8.42 Å². The summed E-state index contributed by atoms with van der Waals surface area (Å²) < 4.78 is 27.1. The van der Waals surface area contributed by atoms with Gasteiger partial charge in [0.15, 0.2) is 0 Å². The van der Waals surface area contributed by atoms with Gasteiger partial charge in [-0.25, -0.2) is 18.4 Å². The van der Waals surface area contributed by atoms with Crippen molar-refractivity contribution < 1.29 is 8.42 Å². The second-order valence-corrected chi connectivity index (χ2v) is 5.90. The van der Waals surface area contributed by atoms with Gasteiger partial charge in [0, 0.05) is 4.47 Å². The molecule has 0 radical (unpaired) electrons. The predicted molar refractivity (Wildman–Crippen MR) is 71.4 cm³/mol. The molecule has 1 aromatic heterocycles. The van der Waals surface area contributed by atoms with Crippen LogP contribution in [0.2, 0.25) is 0 Å². The minimum atomic E-state index is -3.71. The number of sulfonamides is 1. The quantitative estimate of drug-likeness (QED) is 0.892. The molecule has 1 heterocycles. The number of anilines is 2. The molecule has 0 bridgehead atoms. The molecule has 8 heteroatoms. The molecule has 0 aliphatic heterocycles. The molecular weight excluding hydrogens is 320 g/mol. The van der Waals surface area contributed by atoms with Crippen molar-refractivity contribution in [3.63, 3.8) is 0 Å². The molecule has 0 fully saturated rings. The highest BCUT2D eigenvalue weighted by atomic mass is 79.9. The van der Waals surface area contributed by atoms with Crippen LogP contribution in [0.15, 0.2) is 46.0 Å². The van der Waals surface area contributed by atoms with Crippen molar-refractivity contribution in [3.05, 3.63) is 41.1 Å². The number of rotatable bonds is 3. The molecule has 0 amide bonds. The molecule has 0 atom stereocenters. The number of nitrogens with two attached hydrogens (primary N) is 1. The number of benzene rings is 1. The number of nitrogens with one attached hydrogen (secondary N) is 1. The fourth-order valence-corrected chi connectivity index (χ4v) is 2.70. The molecular formula is C10H9BrN4O2S. The Labute approximate surface area is 112 Å². The second kappa shape index (κ2) is 4.91. The van der Waals surface area contributed by atoms with Crippen LogP contribution in [0.5, 0.6) is 0 Å². The Morgan fingerprint density at radius 3 is 2.39 bits per heavy atom. The highest BCUT2D eigenvalue weighted by molar-refractivity contribution is 9.10. The zero-order valence-corrected chi connectivity index (χ0v) is 11.4. The number of para-hydroxylation sites is 1. The highest BCUT2D eigenvalue weighted by Gasteiger charge is 2.16. The van der Waals surface area contributed by atoms with E-state index in [0.29, 0.717) is 10.2 Å². The fourth-order valence-electron chi connectivity index (χ4n) is 1.21. The molecule has 0 saturated heterocycles. The first-order valence-electron chi connectivity index (χ1n) is 4.84. The Balaban J connectivity index is 2.33. The van der Waals surface area contributed by atoms with Gasteiger partial charge in [0.25, 0.3) is 10.0 Å². The van der Waals surface area contributed by atoms with E-state index in [1.807, 2.05) is 0 Å². The van der Waals surface area contributed by atoms with Gasteiger partial charge in [0.2, 0.25) is 5.95 Å². The lowest BCUT2D eigenvalue weighted by atomic mass is 10.3. The number of hydrogen-bond acceptors (Lipinski definition) is 5. The normalized spacial score (nSPS) is 11.2. The topological polar surface area (TPSA) is 98.0 Å². The minimum absolute atomic E-state index is 0.0230. The van der Waals surface area contributed by atoms with Crippen molar-refractivity contribution in [1.82, 2.24) is 9.97 Å². The van der Waals surface area contributed by atoms with Gasteiger partial charge in [0.1, 0.15) is 4.90 Å². The van der Waals surface area contributed by atoms with E-state index in [4.69, 9.17) is 5.73 Å². The van der Waals surface area contributed by atoms with Gasteiger partial charge in [-0.05, 0) is 28.1 Å². The van der Waals surface area contributed by atoms with Crippen LogP contribution in [0.1, 0.15) is 0 Å². The van der Waals surface area contributed by atoms with Gasteiger partial charge in [-0.3, -0.25) is 4.72 Å². The summed E-state index contributed by atoms with van der Waals surface area (Å²) >= 11 is 3.25. The van der Waals surface area contributed by atoms with E-state index in [1.54, 1.807) is 24.3 Å². The average Bonchev–Trinajstić information content (AvgIpc) is 2.32. The van der Waals surface area contributed by atoms with Gasteiger partial charge in [-0.2, -0.15) is 0 Å². The zero-order chi connectivity index (χ0) is 13.2. The van der Waals surface area contributed by atoms with E-state index >= 15 is 0 Å². The number of aromatic nitrogens is 2. The summed E-state index contributed by atoms with van der Waals surface area (Å²) in [5, 5.41) is 0. The van der Waals surface area contributed by atoms with E-state index in [0.717, 1.165) is 12.4 Å². The molecule has 2 aromatic rings. The van der Waals surface area contributed by atoms with Crippen molar-refractivity contribution >= 4 is 37.6 Å². The summed E-state index contributed by atoms with van der Waals surface area (Å²) in [7, 11) is -3.71. The number of nitrogens with zero attached hydrogens (tertiary/aromatic N) is 2. The summed E-state index contributed by atoms with van der Waals surface area (Å²) in [6.45, 7) is 0. The first kappa shape index (κ1) is 12.8. The molecule has 0 spiro atoms. The third-order valence-corrected chi connectivity index (χ3v) is 4.09. The van der Waals surface area contributed by atoms with Crippen LogP contribution in [0.3, 0.4) is 0 Å². The first-order chi connectivity index (χ1) is 8.49. The van der Waals surface area contributed by atoms with Gasteiger partial charge >= 0.3 is 0 Å². The summed E-state index contributed by atoms with van der Waals surface area (Å²) in [5.41, 5.74) is 5.74. The van der Waals surface area contributed by atoms with Crippen LogP contribution in [0, 0.1) is 0 Å². The highest BCUT2D eigenvalue weighted by Crippen LogP contribution is 2.24. The maximum Gasteiger partial charge on any atom is 0.265 e. The Morgan fingerprint density at radius 2 is 1.78 bits per heavy atom. The molecule has 1 aromatic carbocycles. The third kappa shape index (κ3) is 2.77. The zero-order valence-electron chi connectivity index (χ0n) is 9.04. The molecule has 94 valence electrons. The molecule has 3 N–H and O–H groups in total. The second-order valence-electron chi connectivity index (χ2n) is 3.36. The molecule has 0 unspecified atom stereocenters. The van der Waals surface area contributed by atoms with Crippen LogP contribution in [0.4, 0.5) is 11.6 Å². The molecule has 6 nitrogen and oxygen atoms in total. The maximum atomic E-state index is 12.0. The number of halogens is 1. The SMILES string of the molecule is Nc1ncc(S(=O)(=O)Nc2ccccc2Br)cn1. The Morgan fingerprint density at radius 1 is 1.17 bits per heavy atom. The van der Waals surface area contributed by atoms with Crippen LogP contribution < -0.4 is 10.5 Å². The number of nitrogen functional groups attached to an aromatic ring is 1. The predicted octanol–water partition coefficient (Wildman–Crippen LogP) is 1.62. The Hall–Kier alpha value is -1.67. The van der Waals surface area contributed by atoms with Crippen LogP contribution in [-0.4, -0.2) is 18.4 Å². The monoisotopic (exact) mass is 328 g/mol. The summed E-state index contributed by atoms with van der Waals surface area (Å²) in [6.07, 6.45) is 2.31. The number of hydrogen-bond donors (Lipinski definition) is 2. The van der Waals surface area contributed by atoms with Crippen molar-refractivity contribution in [1.29, 1.82) is 0 Å². The summed E-state index contributed by atoms with van der Waals surface area (Å²) in [5.74, 6) is 0.0230. The summed E-state index contributed by atoms with van der Waals surface area (Å²) in [4.78, 5) is 7.24. The van der Waals surface area contributed by atoms with Crippen molar-refractivity contribution in [2.24, 2.45) is 0 Å². The largest absolute Gasteiger partial charge is 0.368 e. The molecule has 0 aliphatic carbocycles. The molecule has 2 rings (SSSR count). The first-order valence-corrected chi connectivity index (χ1v) is 7.11. The molecule has 0 saturated carbocycles. The van der Waals surface area contributed by atoms with E-state index in [1.165, 1.54) is 0 Å². The lowest BCUT2D eigenvalue weighted by molar-refractivity contribution is 0.600. The van der Waals surface area contributed by atoms with Gasteiger partial charge in [0.05, 0.1) is 18.1 Å². The van der Waals surface area contributed by atoms with Crippen LogP contribution in [0.25, 0.3) is 0 Å². The van der Waals surface area contributed by atoms with Gasteiger partial charge < -0.3 is 5.73 Å². The van der Waals surface area contributed by atoms with Crippen molar-refractivity contribution in [2.45, 2.75) is 4.90 Å². The average molecular weight is 329 g/mol. The molecule has 0 aliphatic rings. The third-order valence-electron chi connectivity index (χ3n) is 2.08. The maximum absolute atomic E-state index is 12.0. The van der Waals surface area contributed by atoms with Gasteiger partial charge in [-0.15, -0.1) is 0 Å². The minimum Gasteiger partial charge on any atom is -0.368 e. The van der Waals surface area contributed by atoms with E-state index < -0.39 is 10.0 Å².